The molecule has 2 nitrogen and oxygen atoms in total. The largest absolute Gasteiger partial charge is 0.326 e. The van der Waals surface area contributed by atoms with E-state index in [2.05, 4.69) is 18.7 Å². The Morgan fingerprint density at radius 2 is 1.94 bits per heavy atom. The fourth-order valence-corrected chi connectivity index (χ4v) is 2.88. The second kappa shape index (κ2) is 5.81. The van der Waals surface area contributed by atoms with Gasteiger partial charge in [0.25, 0.3) is 0 Å². The second-order valence-corrected chi connectivity index (χ2v) is 5.43. The first-order valence-electron chi connectivity index (χ1n) is 6.85. The van der Waals surface area contributed by atoms with Crippen LogP contribution in [0.5, 0.6) is 0 Å². The number of rotatable bonds is 3. The van der Waals surface area contributed by atoms with E-state index >= 15 is 0 Å². The van der Waals surface area contributed by atoms with Gasteiger partial charge in [-0.15, -0.1) is 0 Å². The lowest BCUT2D eigenvalue weighted by molar-refractivity contribution is 0.0952. The molecule has 0 amide bonds. The predicted molar refractivity (Wildman–Crippen MR) is 72.6 cm³/mol. The van der Waals surface area contributed by atoms with Gasteiger partial charge in [0.2, 0.25) is 0 Å². The van der Waals surface area contributed by atoms with E-state index in [1.165, 1.54) is 25.3 Å². The van der Waals surface area contributed by atoms with E-state index in [-0.39, 0.29) is 12.4 Å². The number of nitrogens with zero attached hydrogens (tertiary/aromatic N) is 1. The van der Waals surface area contributed by atoms with Gasteiger partial charge in [-0.05, 0) is 38.3 Å². The fourth-order valence-electron chi connectivity index (χ4n) is 2.88. The molecule has 0 saturated carbocycles. The van der Waals surface area contributed by atoms with Crippen molar-refractivity contribution in [1.29, 1.82) is 0 Å². The average Bonchev–Trinajstić information content (AvgIpc) is 2.36. The molecule has 1 heterocycles. The summed E-state index contributed by atoms with van der Waals surface area (Å²) in [7, 11) is 0. The van der Waals surface area contributed by atoms with Crippen LogP contribution in [0.25, 0.3) is 0 Å². The molecule has 0 aliphatic carbocycles. The summed E-state index contributed by atoms with van der Waals surface area (Å²) in [5, 5.41) is 0. The summed E-state index contributed by atoms with van der Waals surface area (Å²) in [4.78, 5) is 2.51. The molecule has 3 heteroatoms. The molecular formula is C15H23FN2. The molecule has 2 atom stereocenters. The highest BCUT2D eigenvalue weighted by molar-refractivity contribution is 5.25. The maximum absolute atomic E-state index is 13.4. The highest BCUT2D eigenvalue weighted by Gasteiger charge is 2.24. The Hall–Kier alpha value is -0.930. The topological polar surface area (TPSA) is 29.3 Å². The molecule has 1 saturated heterocycles. The molecule has 1 aromatic carbocycles. The van der Waals surface area contributed by atoms with Crippen LogP contribution < -0.4 is 5.73 Å². The van der Waals surface area contributed by atoms with Crippen molar-refractivity contribution >= 4 is 0 Å². The van der Waals surface area contributed by atoms with Crippen molar-refractivity contribution in [3.05, 3.63) is 35.1 Å². The number of hydrogen-bond donors (Lipinski definition) is 1. The highest BCUT2D eigenvalue weighted by Crippen LogP contribution is 2.25. The molecule has 1 aliphatic rings. The first kappa shape index (κ1) is 13.5. The van der Waals surface area contributed by atoms with Gasteiger partial charge in [-0.3, -0.25) is 4.90 Å². The van der Waals surface area contributed by atoms with E-state index in [1.54, 1.807) is 0 Å². The maximum Gasteiger partial charge on any atom is 0.127 e. The summed E-state index contributed by atoms with van der Waals surface area (Å²) in [6.07, 6.45) is 3.83. The zero-order chi connectivity index (χ0) is 13.1. The zero-order valence-electron chi connectivity index (χ0n) is 11.3. The third-order valence-electron chi connectivity index (χ3n) is 4.07. The van der Waals surface area contributed by atoms with Crippen LogP contribution in [0.15, 0.2) is 18.2 Å². The van der Waals surface area contributed by atoms with Crippen LogP contribution in [0.3, 0.4) is 0 Å². The number of hydrogen-bond acceptors (Lipinski definition) is 2. The third-order valence-corrected chi connectivity index (χ3v) is 4.07. The minimum Gasteiger partial charge on any atom is -0.326 e. The van der Waals surface area contributed by atoms with Gasteiger partial charge < -0.3 is 5.73 Å². The van der Waals surface area contributed by atoms with Crippen molar-refractivity contribution in [2.45, 2.75) is 58.3 Å². The van der Waals surface area contributed by atoms with Gasteiger partial charge in [0, 0.05) is 30.7 Å². The molecule has 0 aromatic heterocycles. The SMILES string of the molecule is C[C@@H]1CCC[C@H](C)N1Cc1ccc(F)c(CN)c1. The summed E-state index contributed by atoms with van der Waals surface area (Å²) >= 11 is 0. The number of piperidine rings is 1. The van der Waals surface area contributed by atoms with Crippen molar-refractivity contribution in [2.24, 2.45) is 5.73 Å². The minimum absolute atomic E-state index is 0.194. The smallest absolute Gasteiger partial charge is 0.127 e. The Balaban J connectivity index is 2.12. The van der Waals surface area contributed by atoms with Crippen LogP contribution >= 0.6 is 0 Å². The standard InChI is InChI=1S/C15H23FN2/c1-11-4-3-5-12(2)18(11)10-13-6-7-15(16)14(8-13)9-17/h6-8,11-12H,3-5,9-10,17H2,1-2H3/t11-,12+. The number of benzene rings is 1. The molecule has 1 fully saturated rings. The van der Waals surface area contributed by atoms with E-state index in [0.717, 1.165) is 12.1 Å². The Morgan fingerprint density at radius 3 is 2.56 bits per heavy atom. The summed E-state index contributed by atoms with van der Waals surface area (Å²) in [5.74, 6) is -0.194. The zero-order valence-corrected chi connectivity index (χ0v) is 11.3. The fraction of sp³-hybridized carbons (Fsp3) is 0.600. The van der Waals surface area contributed by atoms with Crippen molar-refractivity contribution in [2.75, 3.05) is 0 Å². The van der Waals surface area contributed by atoms with Gasteiger partial charge in [-0.25, -0.2) is 4.39 Å². The molecule has 1 aliphatic heterocycles. The van der Waals surface area contributed by atoms with Gasteiger partial charge in [0.05, 0.1) is 0 Å². The first-order chi connectivity index (χ1) is 8.61. The van der Waals surface area contributed by atoms with Gasteiger partial charge in [0.1, 0.15) is 5.82 Å². The van der Waals surface area contributed by atoms with Gasteiger partial charge in [-0.1, -0.05) is 18.6 Å². The average molecular weight is 250 g/mol. The number of likely N-dealkylation sites (tertiary alicyclic amines) is 1. The molecule has 0 bridgehead atoms. The van der Waals surface area contributed by atoms with Gasteiger partial charge in [-0.2, -0.15) is 0 Å². The summed E-state index contributed by atoms with van der Waals surface area (Å²) in [6, 6.07) is 6.54. The molecular weight excluding hydrogens is 227 g/mol. The van der Waals surface area contributed by atoms with Crippen molar-refractivity contribution in [3.63, 3.8) is 0 Å². The minimum atomic E-state index is -0.194. The molecule has 100 valence electrons. The van der Waals surface area contributed by atoms with Crippen molar-refractivity contribution in [1.82, 2.24) is 4.90 Å². The van der Waals surface area contributed by atoms with Crippen LogP contribution in [0.2, 0.25) is 0 Å². The van der Waals surface area contributed by atoms with E-state index in [1.807, 2.05) is 12.1 Å². The highest BCUT2D eigenvalue weighted by atomic mass is 19.1. The lowest BCUT2D eigenvalue weighted by Crippen LogP contribution is -2.42. The van der Waals surface area contributed by atoms with Crippen LogP contribution in [-0.4, -0.2) is 17.0 Å². The van der Waals surface area contributed by atoms with Crippen LogP contribution in [0.4, 0.5) is 4.39 Å². The van der Waals surface area contributed by atoms with E-state index in [9.17, 15) is 4.39 Å². The monoisotopic (exact) mass is 250 g/mol. The summed E-state index contributed by atoms with van der Waals surface area (Å²) in [5.41, 5.74) is 7.33. The molecule has 1 aromatic rings. The van der Waals surface area contributed by atoms with Crippen LogP contribution in [-0.2, 0) is 13.1 Å². The third kappa shape index (κ3) is 2.90. The van der Waals surface area contributed by atoms with E-state index < -0.39 is 0 Å². The second-order valence-electron chi connectivity index (χ2n) is 5.43. The Morgan fingerprint density at radius 1 is 1.28 bits per heavy atom. The van der Waals surface area contributed by atoms with E-state index in [0.29, 0.717) is 17.6 Å². The quantitative estimate of drug-likeness (QED) is 0.893. The van der Waals surface area contributed by atoms with Crippen LogP contribution in [0.1, 0.15) is 44.2 Å². The van der Waals surface area contributed by atoms with Crippen molar-refractivity contribution < 1.29 is 4.39 Å². The normalized spacial score (nSPS) is 25.3. The summed E-state index contributed by atoms with van der Waals surface area (Å²) in [6.45, 7) is 5.73. The molecule has 2 N–H and O–H groups in total. The number of halogens is 1. The lowest BCUT2D eigenvalue weighted by atomic mass is 9.96. The lowest BCUT2D eigenvalue weighted by Gasteiger charge is -2.39. The Labute approximate surface area is 109 Å². The van der Waals surface area contributed by atoms with Gasteiger partial charge in [0.15, 0.2) is 0 Å². The maximum atomic E-state index is 13.4. The molecule has 0 unspecified atom stereocenters. The predicted octanol–water partition coefficient (Wildman–Crippen LogP) is 3.05. The first-order valence-corrected chi connectivity index (χ1v) is 6.85. The molecule has 2 rings (SSSR count). The molecule has 0 spiro atoms. The molecule has 0 radical (unpaired) electrons. The van der Waals surface area contributed by atoms with Gasteiger partial charge >= 0.3 is 0 Å². The number of nitrogens with two attached hydrogens (primary N) is 1. The Kier molecular flexibility index (Phi) is 4.36. The molecule has 18 heavy (non-hydrogen) atoms. The summed E-state index contributed by atoms with van der Waals surface area (Å²) < 4.78 is 13.4. The van der Waals surface area contributed by atoms with Crippen LogP contribution in [0, 0.1) is 5.82 Å². The Bertz CT molecular complexity index is 395. The van der Waals surface area contributed by atoms with E-state index in [4.69, 9.17) is 5.73 Å². The van der Waals surface area contributed by atoms with Crippen molar-refractivity contribution in [3.8, 4) is 0 Å².